The molecule has 0 aliphatic rings. The quantitative estimate of drug-likeness (QED) is 0.825. The number of aryl methyl sites for hydroxylation is 1. The van der Waals surface area contributed by atoms with Gasteiger partial charge in [-0.3, -0.25) is 0 Å². The number of aromatic nitrogens is 2. The Bertz CT molecular complexity index is 574. The number of rotatable bonds is 4. The molecule has 0 amide bonds. The number of anilines is 1. The Morgan fingerprint density at radius 2 is 2.11 bits per heavy atom. The highest BCUT2D eigenvalue weighted by Crippen LogP contribution is 2.22. The Kier molecular flexibility index (Phi) is 4.77. The maximum absolute atomic E-state index is 5.98. The standard InChI is InChI=1S/C14H15BrClN3/c1-3-13-18-12(16)8-14(19-13)17-9(2)10-5-4-6-11(15)7-10/h4-9H,3H2,1-2H3,(H,17,18,19). The Labute approximate surface area is 126 Å². The topological polar surface area (TPSA) is 37.8 Å². The normalized spacial score (nSPS) is 12.2. The summed E-state index contributed by atoms with van der Waals surface area (Å²) in [5, 5.41) is 3.81. The molecule has 1 aromatic carbocycles. The zero-order valence-electron chi connectivity index (χ0n) is 10.8. The molecular weight excluding hydrogens is 326 g/mol. The van der Waals surface area contributed by atoms with Crippen molar-refractivity contribution >= 4 is 33.3 Å². The molecule has 0 aliphatic heterocycles. The molecule has 5 heteroatoms. The second-order valence-corrected chi connectivity index (χ2v) is 5.57. The maximum Gasteiger partial charge on any atom is 0.134 e. The summed E-state index contributed by atoms with van der Waals surface area (Å²) in [6, 6.07) is 10.1. The summed E-state index contributed by atoms with van der Waals surface area (Å²) in [6.45, 7) is 4.09. The monoisotopic (exact) mass is 339 g/mol. The molecule has 2 aromatic rings. The minimum atomic E-state index is 0.146. The van der Waals surface area contributed by atoms with E-state index in [1.54, 1.807) is 6.07 Å². The van der Waals surface area contributed by atoms with Crippen LogP contribution < -0.4 is 5.32 Å². The van der Waals surface area contributed by atoms with E-state index in [9.17, 15) is 0 Å². The number of benzene rings is 1. The zero-order chi connectivity index (χ0) is 13.8. The van der Waals surface area contributed by atoms with E-state index in [1.165, 1.54) is 5.56 Å². The van der Waals surface area contributed by atoms with Crippen LogP contribution in [-0.2, 0) is 6.42 Å². The second kappa shape index (κ2) is 6.35. The van der Waals surface area contributed by atoms with Crippen molar-refractivity contribution in [3.63, 3.8) is 0 Å². The van der Waals surface area contributed by atoms with E-state index in [2.05, 4.69) is 50.3 Å². The summed E-state index contributed by atoms with van der Waals surface area (Å²) in [5.74, 6) is 1.50. The molecule has 0 spiro atoms. The van der Waals surface area contributed by atoms with Crippen LogP contribution in [0.25, 0.3) is 0 Å². The van der Waals surface area contributed by atoms with Gasteiger partial charge in [-0.2, -0.15) is 0 Å². The van der Waals surface area contributed by atoms with Gasteiger partial charge in [0, 0.05) is 23.0 Å². The Hall–Kier alpha value is -1.13. The van der Waals surface area contributed by atoms with Crippen molar-refractivity contribution in [2.24, 2.45) is 0 Å². The van der Waals surface area contributed by atoms with Gasteiger partial charge < -0.3 is 5.32 Å². The zero-order valence-corrected chi connectivity index (χ0v) is 13.2. The van der Waals surface area contributed by atoms with Gasteiger partial charge in [0.05, 0.1) is 0 Å². The van der Waals surface area contributed by atoms with Gasteiger partial charge in [0.2, 0.25) is 0 Å². The van der Waals surface area contributed by atoms with Gasteiger partial charge in [0.25, 0.3) is 0 Å². The summed E-state index contributed by atoms with van der Waals surface area (Å²) >= 11 is 9.46. The smallest absolute Gasteiger partial charge is 0.134 e. The second-order valence-electron chi connectivity index (χ2n) is 4.27. The molecule has 2 rings (SSSR count). The molecule has 1 N–H and O–H groups in total. The summed E-state index contributed by atoms with van der Waals surface area (Å²) < 4.78 is 1.06. The lowest BCUT2D eigenvalue weighted by molar-refractivity contribution is 0.856. The Balaban J connectivity index is 2.18. The van der Waals surface area contributed by atoms with Crippen molar-refractivity contribution in [2.75, 3.05) is 5.32 Å². The van der Waals surface area contributed by atoms with E-state index in [0.29, 0.717) is 5.15 Å². The van der Waals surface area contributed by atoms with Crippen LogP contribution in [0.4, 0.5) is 5.82 Å². The first-order valence-electron chi connectivity index (χ1n) is 6.14. The van der Waals surface area contributed by atoms with E-state index >= 15 is 0 Å². The molecule has 0 fully saturated rings. The largest absolute Gasteiger partial charge is 0.363 e. The molecule has 1 heterocycles. The highest BCUT2D eigenvalue weighted by molar-refractivity contribution is 9.10. The summed E-state index contributed by atoms with van der Waals surface area (Å²) in [4.78, 5) is 8.57. The fourth-order valence-electron chi connectivity index (χ4n) is 1.78. The lowest BCUT2D eigenvalue weighted by Gasteiger charge is -2.15. The van der Waals surface area contributed by atoms with Crippen molar-refractivity contribution < 1.29 is 0 Å². The molecule has 100 valence electrons. The summed E-state index contributed by atoms with van der Waals surface area (Å²) in [5.41, 5.74) is 1.18. The highest BCUT2D eigenvalue weighted by atomic mass is 79.9. The lowest BCUT2D eigenvalue weighted by atomic mass is 10.1. The van der Waals surface area contributed by atoms with Gasteiger partial charge in [0.15, 0.2) is 0 Å². The third kappa shape index (κ3) is 3.91. The first-order chi connectivity index (χ1) is 9.08. The van der Waals surface area contributed by atoms with Crippen LogP contribution in [0.3, 0.4) is 0 Å². The average Bonchev–Trinajstić information content (AvgIpc) is 2.38. The van der Waals surface area contributed by atoms with Gasteiger partial charge in [-0.1, -0.05) is 46.6 Å². The summed E-state index contributed by atoms with van der Waals surface area (Å²) in [6.07, 6.45) is 0.764. The van der Waals surface area contributed by atoms with E-state index in [1.807, 2.05) is 19.1 Å². The Morgan fingerprint density at radius 3 is 2.79 bits per heavy atom. The molecule has 0 aliphatic carbocycles. The molecule has 0 radical (unpaired) electrons. The van der Waals surface area contributed by atoms with Crippen LogP contribution in [0.15, 0.2) is 34.8 Å². The van der Waals surface area contributed by atoms with Gasteiger partial charge in [-0.15, -0.1) is 0 Å². The number of halogens is 2. The summed E-state index contributed by atoms with van der Waals surface area (Å²) in [7, 11) is 0. The molecule has 1 unspecified atom stereocenters. The average molecular weight is 341 g/mol. The van der Waals surface area contributed by atoms with Crippen molar-refractivity contribution in [1.29, 1.82) is 0 Å². The number of nitrogens with zero attached hydrogens (tertiary/aromatic N) is 2. The first kappa shape index (κ1) is 14.3. The minimum Gasteiger partial charge on any atom is -0.363 e. The van der Waals surface area contributed by atoms with Crippen molar-refractivity contribution in [3.05, 3.63) is 51.3 Å². The SMILES string of the molecule is CCc1nc(Cl)cc(NC(C)c2cccc(Br)c2)n1. The van der Waals surface area contributed by atoms with Crippen LogP contribution in [0.1, 0.15) is 31.3 Å². The molecule has 3 nitrogen and oxygen atoms in total. The van der Waals surface area contributed by atoms with Crippen LogP contribution in [0.2, 0.25) is 5.15 Å². The predicted octanol–water partition coefficient (Wildman–Crippen LogP) is 4.63. The Morgan fingerprint density at radius 1 is 1.32 bits per heavy atom. The van der Waals surface area contributed by atoms with Crippen molar-refractivity contribution in [1.82, 2.24) is 9.97 Å². The van der Waals surface area contributed by atoms with Crippen molar-refractivity contribution in [3.8, 4) is 0 Å². The van der Waals surface area contributed by atoms with E-state index in [4.69, 9.17) is 11.6 Å². The van der Waals surface area contributed by atoms with Gasteiger partial charge in [-0.25, -0.2) is 9.97 Å². The fraction of sp³-hybridized carbons (Fsp3) is 0.286. The maximum atomic E-state index is 5.98. The molecule has 0 bridgehead atoms. The van der Waals surface area contributed by atoms with Gasteiger partial charge in [-0.05, 0) is 24.6 Å². The van der Waals surface area contributed by atoms with E-state index < -0.39 is 0 Å². The van der Waals surface area contributed by atoms with Crippen LogP contribution in [0.5, 0.6) is 0 Å². The first-order valence-corrected chi connectivity index (χ1v) is 7.31. The molecule has 0 saturated heterocycles. The molecule has 1 aromatic heterocycles. The molecule has 0 saturated carbocycles. The number of hydrogen-bond donors (Lipinski definition) is 1. The minimum absolute atomic E-state index is 0.146. The fourth-order valence-corrected chi connectivity index (χ4v) is 2.40. The number of nitrogens with one attached hydrogen (secondary N) is 1. The lowest BCUT2D eigenvalue weighted by Crippen LogP contribution is -2.09. The third-order valence-electron chi connectivity index (χ3n) is 2.77. The number of hydrogen-bond acceptors (Lipinski definition) is 3. The van der Waals surface area contributed by atoms with Crippen LogP contribution in [-0.4, -0.2) is 9.97 Å². The predicted molar refractivity (Wildman–Crippen MR) is 82.6 cm³/mol. The molecule has 1 atom stereocenters. The van der Waals surface area contributed by atoms with Crippen LogP contribution >= 0.6 is 27.5 Å². The van der Waals surface area contributed by atoms with Gasteiger partial charge >= 0.3 is 0 Å². The third-order valence-corrected chi connectivity index (χ3v) is 3.46. The highest BCUT2D eigenvalue weighted by Gasteiger charge is 2.08. The molecule has 19 heavy (non-hydrogen) atoms. The van der Waals surface area contributed by atoms with E-state index in [0.717, 1.165) is 22.5 Å². The van der Waals surface area contributed by atoms with Crippen molar-refractivity contribution in [2.45, 2.75) is 26.3 Å². The van der Waals surface area contributed by atoms with Crippen LogP contribution in [0, 0.1) is 0 Å². The van der Waals surface area contributed by atoms with E-state index in [-0.39, 0.29) is 6.04 Å². The molecular formula is C14H15BrClN3. The van der Waals surface area contributed by atoms with Gasteiger partial charge in [0.1, 0.15) is 16.8 Å².